The third-order valence-electron chi connectivity index (χ3n) is 3.71. The molecule has 2 unspecified atom stereocenters. The number of rotatable bonds is 5. The number of aliphatic carboxylic acids is 1. The van der Waals surface area contributed by atoms with Crippen molar-refractivity contribution in [2.24, 2.45) is 17.8 Å². The summed E-state index contributed by atoms with van der Waals surface area (Å²) in [6.07, 6.45) is -3.70. The molecule has 0 aromatic heterocycles. The topological polar surface area (TPSA) is 57.6 Å². The molecule has 1 saturated carbocycles. The van der Waals surface area contributed by atoms with Crippen molar-refractivity contribution < 1.29 is 27.9 Å². The van der Waals surface area contributed by atoms with E-state index in [1.165, 1.54) is 4.90 Å². The summed E-state index contributed by atoms with van der Waals surface area (Å²) in [6.45, 7) is 3.46. The lowest BCUT2D eigenvalue weighted by Gasteiger charge is -2.33. The van der Waals surface area contributed by atoms with E-state index in [1.54, 1.807) is 0 Å². The number of carbonyl (C=O) groups excluding carboxylic acids is 1. The molecular formula is C14H22F3NO3. The molecule has 1 N–H and O–H groups in total. The fraction of sp³-hybridized carbons (Fsp3) is 0.857. The van der Waals surface area contributed by atoms with E-state index in [0.29, 0.717) is 12.8 Å². The Balaban J connectivity index is 2.75. The first-order chi connectivity index (χ1) is 9.61. The minimum Gasteiger partial charge on any atom is -0.480 e. The highest BCUT2D eigenvalue weighted by atomic mass is 19.4. The van der Waals surface area contributed by atoms with Crippen LogP contribution in [0.15, 0.2) is 0 Å². The lowest BCUT2D eigenvalue weighted by Crippen LogP contribution is -2.44. The number of nitrogens with zero attached hydrogens (tertiary/aromatic N) is 1. The molecule has 0 aromatic rings. The summed E-state index contributed by atoms with van der Waals surface area (Å²) in [7, 11) is 0. The Kier molecular flexibility index (Phi) is 6.04. The number of hydrogen-bond donors (Lipinski definition) is 1. The predicted molar refractivity (Wildman–Crippen MR) is 70.6 cm³/mol. The van der Waals surface area contributed by atoms with Crippen molar-refractivity contribution in [2.45, 2.75) is 45.7 Å². The molecule has 7 heteroatoms. The molecule has 1 fully saturated rings. The Labute approximate surface area is 122 Å². The van der Waals surface area contributed by atoms with Gasteiger partial charge in [-0.2, -0.15) is 13.2 Å². The van der Waals surface area contributed by atoms with Gasteiger partial charge >= 0.3 is 12.1 Å². The fourth-order valence-electron chi connectivity index (χ4n) is 2.81. The molecule has 0 aliphatic heterocycles. The van der Waals surface area contributed by atoms with Gasteiger partial charge in [-0.25, -0.2) is 0 Å². The molecule has 0 saturated heterocycles. The number of amides is 1. The van der Waals surface area contributed by atoms with Crippen LogP contribution in [0.4, 0.5) is 13.2 Å². The molecule has 0 radical (unpaired) electrons. The van der Waals surface area contributed by atoms with Crippen LogP contribution >= 0.6 is 0 Å². The molecule has 0 spiro atoms. The van der Waals surface area contributed by atoms with Gasteiger partial charge in [-0.15, -0.1) is 0 Å². The molecule has 1 rings (SSSR count). The van der Waals surface area contributed by atoms with Crippen LogP contribution in [-0.4, -0.2) is 41.1 Å². The van der Waals surface area contributed by atoms with Crippen LogP contribution < -0.4 is 0 Å². The molecule has 0 heterocycles. The largest absolute Gasteiger partial charge is 0.480 e. The monoisotopic (exact) mass is 309 g/mol. The zero-order valence-electron chi connectivity index (χ0n) is 12.3. The van der Waals surface area contributed by atoms with Gasteiger partial charge < -0.3 is 10.0 Å². The Bertz CT molecular complexity index is 382. The zero-order chi connectivity index (χ0) is 16.2. The molecule has 122 valence electrons. The van der Waals surface area contributed by atoms with E-state index in [9.17, 15) is 22.8 Å². The van der Waals surface area contributed by atoms with E-state index in [4.69, 9.17) is 5.11 Å². The van der Waals surface area contributed by atoms with Crippen LogP contribution in [0, 0.1) is 17.8 Å². The molecule has 2 atom stereocenters. The second kappa shape index (κ2) is 7.13. The van der Waals surface area contributed by atoms with Gasteiger partial charge in [0, 0.05) is 12.5 Å². The minimum atomic E-state index is -4.28. The first kappa shape index (κ1) is 17.8. The average Bonchev–Trinajstić information content (AvgIpc) is 2.35. The summed E-state index contributed by atoms with van der Waals surface area (Å²) in [5.41, 5.74) is 0. The van der Waals surface area contributed by atoms with Gasteiger partial charge in [0.05, 0.1) is 5.92 Å². The van der Waals surface area contributed by atoms with Gasteiger partial charge in [-0.1, -0.05) is 20.3 Å². The van der Waals surface area contributed by atoms with E-state index in [2.05, 4.69) is 0 Å². The second-order valence-corrected chi connectivity index (χ2v) is 6.11. The summed E-state index contributed by atoms with van der Waals surface area (Å²) in [6, 6.07) is 0. The molecule has 21 heavy (non-hydrogen) atoms. The highest BCUT2D eigenvalue weighted by molar-refractivity contribution is 5.83. The highest BCUT2D eigenvalue weighted by Gasteiger charge is 2.44. The first-order valence-corrected chi connectivity index (χ1v) is 7.18. The maximum Gasteiger partial charge on any atom is 0.391 e. The van der Waals surface area contributed by atoms with Crippen LogP contribution in [0.3, 0.4) is 0 Å². The summed E-state index contributed by atoms with van der Waals surface area (Å²) >= 11 is 0. The maximum absolute atomic E-state index is 12.8. The Morgan fingerprint density at radius 1 is 1.29 bits per heavy atom. The van der Waals surface area contributed by atoms with Gasteiger partial charge in [-0.05, 0) is 25.2 Å². The summed E-state index contributed by atoms with van der Waals surface area (Å²) in [4.78, 5) is 24.3. The van der Waals surface area contributed by atoms with E-state index >= 15 is 0 Å². The van der Waals surface area contributed by atoms with Crippen LogP contribution in [0.2, 0.25) is 0 Å². The smallest absolute Gasteiger partial charge is 0.391 e. The van der Waals surface area contributed by atoms with Gasteiger partial charge in [0.1, 0.15) is 6.54 Å². The van der Waals surface area contributed by atoms with Crippen molar-refractivity contribution in [3.05, 3.63) is 0 Å². The van der Waals surface area contributed by atoms with Crippen molar-refractivity contribution in [1.82, 2.24) is 4.90 Å². The summed E-state index contributed by atoms with van der Waals surface area (Å²) in [5, 5.41) is 8.85. The van der Waals surface area contributed by atoms with E-state index in [-0.39, 0.29) is 25.3 Å². The van der Waals surface area contributed by atoms with Crippen LogP contribution in [0.1, 0.15) is 39.5 Å². The normalized spacial score (nSPS) is 23.1. The van der Waals surface area contributed by atoms with Gasteiger partial charge in [-0.3, -0.25) is 9.59 Å². The average molecular weight is 309 g/mol. The van der Waals surface area contributed by atoms with Crippen LogP contribution in [-0.2, 0) is 9.59 Å². The number of halogens is 3. The van der Waals surface area contributed by atoms with Gasteiger partial charge in [0.25, 0.3) is 0 Å². The Morgan fingerprint density at radius 3 is 2.38 bits per heavy atom. The van der Waals surface area contributed by atoms with Crippen LogP contribution in [0.5, 0.6) is 0 Å². The van der Waals surface area contributed by atoms with E-state index in [1.807, 2.05) is 13.8 Å². The molecule has 0 bridgehead atoms. The minimum absolute atomic E-state index is 0.0520. The first-order valence-electron chi connectivity index (χ1n) is 7.18. The predicted octanol–water partition coefficient (Wildman–Crippen LogP) is 2.92. The zero-order valence-corrected chi connectivity index (χ0v) is 12.3. The van der Waals surface area contributed by atoms with E-state index < -0.39 is 36.4 Å². The number of carboxylic acid groups (broad SMARTS) is 1. The molecular weight excluding hydrogens is 287 g/mol. The number of carbonyl (C=O) groups is 2. The summed E-state index contributed by atoms with van der Waals surface area (Å²) < 4.78 is 38.3. The number of carboxylic acids is 1. The van der Waals surface area contributed by atoms with Crippen molar-refractivity contribution in [3.8, 4) is 0 Å². The van der Waals surface area contributed by atoms with Crippen molar-refractivity contribution in [2.75, 3.05) is 13.1 Å². The molecule has 1 aliphatic rings. The fourth-order valence-corrected chi connectivity index (χ4v) is 2.81. The quantitative estimate of drug-likeness (QED) is 0.849. The van der Waals surface area contributed by atoms with Gasteiger partial charge in [0.15, 0.2) is 0 Å². The number of hydrogen-bond acceptors (Lipinski definition) is 2. The summed E-state index contributed by atoms with van der Waals surface area (Å²) in [5.74, 6) is -3.71. The lowest BCUT2D eigenvalue weighted by atomic mass is 9.80. The van der Waals surface area contributed by atoms with Crippen molar-refractivity contribution >= 4 is 11.9 Å². The van der Waals surface area contributed by atoms with Crippen LogP contribution in [0.25, 0.3) is 0 Å². The van der Waals surface area contributed by atoms with Gasteiger partial charge in [0.2, 0.25) is 5.91 Å². The SMILES string of the molecule is CC(C)CN(CC(=O)O)C(=O)C1CCCC(C(F)(F)F)C1. The number of alkyl halides is 3. The Morgan fingerprint density at radius 2 is 1.90 bits per heavy atom. The lowest BCUT2D eigenvalue weighted by molar-refractivity contribution is -0.187. The molecule has 0 aromatic carbocycles. The Hall–Kier alpha value is -1.27. The molecule has 4 nitrogen and oxygen atoms in total. The molecule has 1 amide bonds. The highest BCUT2D eigenvalue weighted by Crippen LogP contribution is 2.40. The molecule has 1 aliphatic carbocycles. The second-order valence-electron chi connectivity index (χ2n) is 6.11. The third kappa shape index (κ3) is 5.55. The van der Waals surface area contributed by atoms with Crippen molar-refractivity contribution in [3.63, 3.8) is 0 Å². The third-order valence-corrected chi connectivity index (χ3v) is 3.71. The standard InChI is InChI=1S/C14H22F3NO3/c1-9(2)7-18(8-12(19)20)13(21)10-4-3-5-11(6-10)14(15,16)17/h9-11H,3-8H2,1-2H3,(H,19,20). The van der Waals surface area contributed by atoms with E-state index in [0.717, 1.165) is 0 Å². The van der Waals surface area contributed by atoms with Crippen molar-refractivity contribution in [1.29, 1.82) is 0 Å². The maximum atomic E-state index is 12.8.